The number of hydrogen-bond donors (Lipinski definition) is 2. The first-order valence-corrected chi connectivity index (χ1v) is 11.2. The molecule has 1 aliphatic heterocycles. The summed E-state index contributed by atoms with van der Waals surface area (Å²) in [5.41, 5.74) is 1.22. The predicted octanol–water partition coefficient (Wildman–Crippen LogP) is 2.59. The third-order valence-electron chi connectivity index (χ3n) is 5.96. The fraction of sp³-hybridized carbons (Fsp3) is 0.440. The van der Waals surface area contributed by atoms with Gasteiger partial charge in [-0.1, -0.05) is 30.3 Å². The van der Waals surface area contributed by atoms with Crippen molar-refractivity contribution < 1.29 is 24.0 Å². The van der Waals surface area contributed by atoms with Crippen LogP contribution in [0.15, 0.2) is 54.6 Å². The van der Waals surface area contributed by atoms with E-state index < -0.39 is 5.41 Å². The number of benzene rings is 2. The fourth-order valence-corrected chi connectivity index (χ4v) is 4.23. The zero-order valence-electron chi connectivity index (χ0n) is 18.5. The van der Waals surface area contributed by atoms with Gasteiger partial charge in [0.25, 0.3) is 0 Å². The Balaban J connectivity index is 1.52. The summed E-state index contributed by atoms with van der Waals surface area (Å²) in [6, 6.07) is 17.4. The molecule has 0 atom stereocenters. The van der Waals surface area contributed by atoms with Crippen LogP contribution in [-0.4, -0.2) is 44.7 Å². The molecule has 0 unspecified atom stereocenters. The van der Waals surface area contributed by atoms with Gasteiger partial charge in [0, 0.05) is 18.5 Å². The molecule has 6 heteroatoms. The number of anilines is 1. The van der Waals surface area contributed by atoms with Crippen molar-refractivity contribution in [3.8, 4) is 5.75 Å². The number of carbonyl (C=O) groups excluding carboxylic acids is 2. The topological polar surface area (TPSA) is 69.1 Å². The molecule has 31 heavy (non-hydrogen) atoms. The highest BCUT2D eigenvalue weighted by Crippen LogP contribution is 2.34. The molecule has 1 heterocycles. The van der Waals surface area contributed by atoms with Crippen molar-refractivity contribution in [3.05, 3.63) is 60.2 Å². The Morgan fingerprint density at radius 1 is 0.968 bits per heavy atom. The minimum atomic E-state index is -0.578. The number of esters is 1. The molecule has 0 bridgehead atoms. The summed E-state index contributed by atoms with van der Waals surface area (Å²) in [4.78, 5) is 26.6. The molecule has 0 spiro atoms. The van der Waals surface area contributed by atoms with E-state index in [4.69, 9.17) is 9.47 Å². The summed E-state index contributed by atoms with van der Waals surface area (Å²) in [5.74, 6) is 0.664. The second-order valence-electron chi connectivity index (χ2n) is 7.92. The van der Waals surface area contributed by atoms with Gasteiger partial charge < -0.3 is 19.7 Å². The lowest BCUT2D eigenvalue weighted by molar-refractivity contribution is -0.905. The van der Waals surface area contributed by atoms with Gasteiger partial charge in [-0.2, -0.15) is 0 Å². The molecule has 1 saturated heterocycles. The van der Waals surface area contributed by atoms with Crippen molar-refractivity contribution in [1.29, 1.82) is 0 Å². The van der Waals surface area contributed by atoms with Gasteiger partial charge in [0.1, 0.15) is 11.2 Å². The van der Waals surface area contributed by atoms with Crippen LogP contribution in [0.4, 0.5) is 5.69 Å². The van der Waals surface area contributed by atoms with Crippen LogP contribution in [0.3, 0.4) is 0 Å². The average molecular weight is 426 g/mol. The Bertz CT molecular complexity index is 844. The maximum Gasteiger partial charge on any atom is 0.317 e. The largest absolute Gasteiger partial charge is 0.494 e. The van der Waals surface area contributed by atoms with Crippen LogP contribution in [0.25, 0.3) is 0 Å². The Labute approximate surface area is 184 Å². The molecule has 0 aromatic heterocycles. The smallest absolute Gasteiger partial charge is 0.317 e. The zero-order valence-corrected chi connectivity index (χ0v) is 18.5. The van der Waals surface area contributed by atoms with Crippen LogP contribution in [0, 0.1) is 0 Å². The lowest BCUT2D eigenvalue weighted by Crippen LogP contribution is -3.13. The van der Waals surface area contributed by atoms with Crippen molar-refractivity contribution in [2.75, 3.05) is 38.2 Å². The Kier molecular flexibility index (Phi) is 8.06. The van der Waals surface area contributed by atoms with Gasteiger partial charge in [0.05, 0.1) is 39.3 Å². The molecule has 2 aromatic carbocycles. The van der Waals surface area contributed by atoms with Crippen LogP contribution < -0.4 is 15.0 Å². The Morgan fingerprint density at radius 3 is 2.26 bits per heavy atom. The van der Waals surface area contributed by atoms with E-state index in [1.807, 2.05) is 68.4 Å². The quantitative estimate of drug-likeness (QED) is 0.606. The summed E-state index contributed by atoms with van der Waals surface area (Å²) in [7, 11) is 0. The maximum absolute atomic E-state index is 12.9. The maximum atomic E-state index is 12.9. The monoisotopic (exact) mass is 425 g/mol. The van der Waals surface area contributed by atoms with E-state index in [-0.39, 0.29) is 11.9 Å². The van der Waals surface area contributed by atoms with E-state index in [1.54, 1.807) is 0 Å². The first kappa shape index (κ1) is 22.8. The fourth-order valence-electron chi connectivity index (χ4n) is 4.23. The number of carbonyl (C=O) groups is 2. The second kappa shape index (κ2) is 11.0. The average Bonchev–Trinajstić information content (AvgIpc) is 2.80. The van der Waals surface area contributed by atoms with Gasteiger partial charge in [-0.3, -0.25) is 9.59 Å². The van der Waals surface area contributed by atoms with Crippen LogP contribution >= 0.6 is 0 Å². The molecule has 6 nitrogen and oxygen atoms in total. The van der Waals surface area contributed by atoms with Gasteiger partial charge in [0.15, 0.2) is 0 Å². The molecule has 0 radical (unpaired) electrons. The molecule has 0 aliphatic carbocycles. The standard InChI is InChI=1S/C25H32N2O4/c1-3-30-22-12-10-21(11-13-22)26-23(28)14-17-27-18-15-25(16-19-27,24(29)31-4-2)20-8-6-5-7-9-20/h5-13H,3-4,14-19H2,1-2H3,(H,26,28)/p+1. The second-order valence-corrected chi connectivity index (χ2v) is 7.92. The predicted molar refractivity (Wildman–Crippen MR) is 120 cm³/mol. The lowest BCUT2D eigenvalue weighted by atomic mass is 9.72. The normalized spacial score (nSPS) is 20.6. The van der Waals surface area contributed by atoms with Gasteiger partial charge in [-0.25, -0.2) is 0 Å². The van der Waals surface area contributed by atoms with Crippen LogP contribution in [0.2, 0.25) is 0 Å². The van der Waals surface area contributed by atoms with E-state index in [1.165, 1.54) is 4.90 Å². The first-order chi connectivity index (χ1) is 15.1. The van der Waals surface area contributed by atoms with E-state index in [0.717, 1.165) is 49.5 Å². The highest BCUT2D eigenvalue weighted by atomic mass is 16.5. The summed E-state index contributed by atoms with van der Waals surface area (Å²) >= 11 is 0. The summed E-state index contributed by atoms with van der Waals surface area (Å²) < 4.78 is 10.9. The molecular formula is C25H33N2O4+. The number of likely N-dealkylation sites (tertiary alicyclic amines) is 1. The number of quaternary nitrogens is 1. The zero-order chi connectivity index (χ0) is 22.1. The van der Waals surface area contributed by atoms with Crippen molar-refractivity contribution >= 4 is 17.6 Å². The van der Waals surface area contributed by atoms with Crippen LogP contribution in [0.1, 0.15) is 38.7 Å². The number of amides is 1. The van der Waals surface area contributed by atoms with E-state index in [9.17, 15) is 9.59 Å². The highest BCUT2D eigenvalue weighted by Gasteiger charge is 2.45. The molecule has 166 valence electrons. The molecule has 1 amide bonds. The molecular weight excluding hydrogens is 392 g/mol. The molecule has 2 aromatic rings. The number of piperidine rings is 1. The molecule has 2 N–H and O–H groups in total. The summed E-state index contributed by atoms with van der Waals surface area (Å²) in [5, 5.41) is 2.95. The lowest BCUT2D eigenvalue weighted by Gasteiger charge is -2.38. The first-order valence-electron chi connectivity index (χ1n) is 11.2. The summed E-state index contributed by atoms with van der Waals surface area (Å²) in [6.07, 6.45) is 1.90. The van der Waals surface area contributed by atoms with Crippen molar-refractivity contribution in [2.45, 2.75) is 38.5 Å². The van der Waals surface area contributed by atoms with Gasteiger partial charge in [0.2, 0.25) is 5.91 Å². The van der Waals surface area contributed by atoms with Crippen molar-refractivity contribution in [3.63, 3.8) is 0 Å². The summed E-state index contributed by atoms with van der Waals surface area (Å²) in [6.45, 7) is 7.21. The number of ether oxygens (including phenoxy) is 2. The van der Waals surface area contributed by atoms with Crippen LogP contribution in [0.5, 0.6) is 5.75 Å². The SMILES string of the molecule is CCOC(=O)C1(c2ccccc2)CC[NH+](CCC(=O)Nc2ccc(OCC)cc2)CC1. The van der Waals surface area contributed by atoms with E-state index in [2.05, 4.69) is 5.32 Å². The third kappa shape index (κ3) is 5.85. The van der Waals surface area contributed by atoms with E-state index in [0.29, 0.717) is 19.6 Å². The molecule has 0 saturated carbocycles. The highest BCUT2D eigenvalue weighted by molar-refractivity contribution is 5.90. The van der Waals surface area contributed by atoms with Crippen LogP contribution in [-0.2, 0) is 19.7 Å². The third-order valence-corrected chi connectivity index (χ3v) is 5.96. The van der Waals surface area contributed by atoms with E-state index >= 15 is 0 Å². The minimum Gasteiger partial charge on any atom is -0.494 e. The molecule has 1 aliphatic rings. The molecule has 3 rings (SSSR count). The van der Waals surface area contributed by atoms with Gasteiger partial charge in [-0.05, 0) is 43.7 Å². The number of rotatable bonds is 9. The van der Waals surface area contributed by atoms with Gasteiger partial charge in [-0.15, -0.1) is 0 Å². The Hall–Kier alpha value is -2.86. The van der Waals surface area contributed by atoms with Crippen molar-refractivity contribution in [2.24, 2.45) is 0 Å². The number of hydrogen-bond acceptors (Lipinski definition) is 4. The molecule has 1 fully saturated rings. The van der Waals surface area contributed by atoms with Crippen molar-refractivity contribution in [1.82, 2.24) is 0 Å². The van der Waals surface area contributed by atoms with Gasteiger partial charge >= 0.3 is 5.97 Å². The number of nitrogens with one attached hydrogen (secondary N) is 2. The minimum absolute atomic E-state index is 0.00180. The Morgan fingerprint density at radius 2 is 1.65 bits per heavy atom.